The molecule has 1 saturated carbocycles. The molecule has 1 aliphatic carbocycles. The van der Waals surface area contributed by atoms with Gasteiger partial charge in [-0.3, -0.25) is 0 Å². The van der Waals surface area contributed by atoms with Gasteiger partial charge < -0.3 is 10.0 Å². The van der Waals surface area contributed by atoms with Crippen LogP contribution in [0.3, 0.4) is 0 Å². The number of hydrogen-bond acceptors (Lipinski definition) is 4. The van der Waals surface area contributed by atoms with Crippen LogP contribution in [0, 0.1) is 12.3 Å². The van der Waals surface area contributed by atoms with Crippen molar-refractivity contribution in [2.75, 3.05) is 11.4 Å². The molecule has 1 aliphatic rings. The van der Waals surface area contributed by atoms with E-state index in [4.69, 9.17) is 11.5 Å². The Morgan fingerprint density at radius 1 is 1.56 bits per heavy atom. The lowest BCUT2D eigenvalue weighted by Gasteiger charge is -2.19. The Kier molecular flexibility index (Phi) is 2.73. The Hall–Kier alpha value is -2.09. The topological polar surface area (TPSA) is 66.3 Å². The molecule has 1 aromatic heterocycles. The number of hydrogen-bond donors (Lipinski definition) is 1. The lowest BCUT2D eigenvalue weighted by atomic mass is 10.4. The predicted octanol–water partition coefficient (Wildman–Crippen LogP) is 0.777. The number of rotatable bonds is 4. The summed E-state index contributed by atoms with van der Waals surface area (Å²) < 4.78 is 0. The molecule has 1 fully saturated rings. The second-order valence-corrected chi connectivity index (χ2v) is 3.63. The quantitative estimate of drug-likeness (QED) is 0.755. The number of anilines is 1. The summed E-state index contributed by atoms with van der Waals surface area (Å²) >= 11 is 0. The van der Waals surface area contributed by atoms with Crippen molar-refractivity contribution in [3.63, 3.8) is 0 Å². The number of nitrogens with zero attached hydrogens (tertiary/aromatic N) is 3. The van der Waals surface area contributed by atoms with Gasteiger partial charge in [0, 0.05) is 6.04 Å². The third-order valence-electron chi connectivity index (χ3n) is 2.40. The maximum absolute atomic E-state index is 10.6. The molecule has 0 bridgehead atoms. The number of aromatic nitrogens is 2. The minimum atomic E-state index is -1.08. The van der Waals surface area contributed by atoms with E-state index in [1.165, 1.54) is 12.4 Å². The zero-order valence-corrected chi connectivity index (χ0v) is 8.63. The van der Waals surface area contributed by atoms with E-state index in [1.807, 2.05) is 4.90 Å². The van der Waals surface area contributed by atoms with Gasteiger partial charge in [-0.1, -0.05) is 5.92 Å². The maximum Gasteiger partial charge on any atom is 0.356 e. The lowest BCUT2D eigenvalue weighted by Crippen LogP contribution is -2.27. The van der Waals surface area contributed by atoms with Crippen molar-refractivity contribution in [2.24, 2.45) is 0 Å². The summed E-state index contributed by atoms with van der Waals surface area (Å²) in [7, 11) is 0. The first-order valence-corrected chi connectivity index (χ1v) is 4.98. The normalized spacial score (nSPS) is 14.2. The van der Waals surface area contributed by atoms with Gasteiger partial charge in [0.2, 0.25) is 0 Å². The van der Waals surface area contributed by atoms with Crippen molar-refractivity contribution in [3.05, 3.63) is 18.1 Å². The molecule has 0 radical (unpaired) electrons. The van der Waals surface area contributed by atoms with Gasteiger partial charge in [-0.25, -0.2) is 14.8 Å². The molecule has 0 aromatic carbocycles. The Bertz CT molecular complexity index is 432. The molecular formula is C11H11N3O2. The average Bonchev–Trinajstić information content (AvgIpc) is 3.10. The van der Waals surface area contributed by atoms with Gasteiger partial charge in [0.25, 0.3) is 0 Å². The number of carbonyl (C=O) groups is 1. The van der Waals surface area contributed by atoms with Crippen LogP contribution in [0.25, 0.3) is 0 Å². The second-order valence-electron chi connectivity index (χ2n) is 3.63. The van der Waals surface area contributed by atoms with Gasteiger partial charge in [-0.05, 0) is 12.8 Å². The molecule has 5 nitrogen and oxygen atoms in total. The van der Waals surface area contributed by atoms with Crippen molar-refractivity contribution in [2.45, 2.75) is 18.9 Å². The van der Waals surface area contributed by atoms with Crippen LogP contribution in [0.4, 0.5) is 5.82 Å². The van der Waals surface area contributed by atoms with E-state index < -0.39 is 5.97 Å². The largest absolute Gasteiger partial charge is 0.476 e. The van der Waals surface area contributed by atoms with Crippen molar-refractivity contribution in [1.82, 2.24) is 9.97 Å². The molecule has 0 atom stereocenters. The molecule has 2 rings (SSSR count). The van der Waals surface area contributed by atoms with Crippen LogP contribution >= 0.6 is 0 Å². The van der Waals surface area contributed by atoms with Gasteiger partial charge >= 0.3 is 5.97 Å². The van der Waals surface area contributed by atoms with E-state index in [9.17, 15) is 4.79 Å². The highest BCUT2D eigenvalue weighted by molar-refractivity contribution is 5.84. The van der Waals surface area contributed by atoms with Crippen LogP contribution in [0.2, 0.25) is 0 Å². The van der Waals surface area contributed by atoms with E-state index in [-0.39, 0.29) is 5.69 Å². The minimum Gasteiger partial charge on any atom is -0.476 e. The van der Waals surface area contributed by atoms with Crippen molar-refractivity contribution < 1.29 is 9.90 Å². The van der Waals surface area contributed by atoms with Gasteiger partial charge in [0.15, 0.2) is 5.69 Å². The molecule has 1 heterocycles. The zero-order chi connectivity index (χ0) is 11.5. The van der Waals surface area contributed by atoms with E-state index in [0.29, 0.717) is 18.4 Å². The fourth-order valence-corrected chi connectivity index (χ4v) is 1.46. The molecule has 82 valence electrons. The first kappa shape index (κ1) is 10.4. The highest BCUT2D eigenvalue weighted by Crippen LogP contribution is 2.29. The van der Waals surface area contributed by atoms with Crippen molar-refractivity contribution in [1.29, 1.82) is 0 Å². The maximum atomic E-state index is 10.6. The average molecular weight is 217 g/mol. The zero-order valence-electron chi connectivity index (χ0n) is 8.63. The molecule has 0 unspecified atom stereocenters. The Balaban J connectivity index is 2.18. The number of carboxylic acids is 1. The molecule has 16 heavy (non-hydrogen) atoms. The summed E-state index contributed by atoms with van der Waals surface area (Å²) in [5.41, 5.74) is -0.0554. The first-order valence-electron chi connectivity index (χ1n) is 4.98. The number of aromatic carboxylic acids is 1. The third-order valence-corrected chi connectivity index (χ3v) is 2.40. The van der Waals surface area contributed by atoms with E-state index in [2.05, 4.69) is 15.9 Å². The smallest absolute Gasteiger partial charge is 0.356 e. The molecular weight excluding hydrogens is 206 g/mol. The van der Waals surface area contributed by atoms with E-state index in [1.54, 1.807) is 0 Å². The summed E-state index contributed by atoms with van der Waals surface area (Å²) in [6.07, 6.45) is 10.2. The lowest BCUT2D eigenvalue weighted by molar-refractivity contribution is 0.0690. The Labute approximate surface area is 93.1 Å². The monoisotopic (exact) mass is 217 g/mol. The minimum absolute atomic E-state index is 0.0554. The fourth-order valence-electron chi connectivity index (χ4n) is 1.46. The first-order chi connectivity index (χ1) is 7.72. The van der Waals surface area contributed by atoms with Gasteiger partial charge in [0.1, 0.15) is 5.82 Å². The molecule has 0 amide bonds. The number of terminal acetylenes is 1. The molecule has 0 aliphatic heterocycles. The van der Waals surface area contributed by atoms with E-state index in [0.717, 1.165) is 12.8 Å². The van der Waals surface area contributed by atoms with Crippen LogP contribution < -0.4 is 4.90 Å². The van der Waals surface area contributed by atoms with Gasteiger partial charge in [-0.15, -0.1) is 6.42 Å². The van der Waals surface area contributed by atoms with Crippen LogP contribution in [0.15, 0.2) is 12.4 Å². The molecule has 1 N–H and O–H groups in total. The van der Waals surface area contributed by atoms with E-state index >= 15 is 0 Å². The van der Waals surface area contributed by atoms with Crippen LogP contribution in [-0.2, 0) is 0 Å². The summed E-state index contributed by atoms with van der Waals surface area (Å²) in [6, 6.07) is 0.432. The molecule has 1 aromatic rings. The molecule has 0 spiro atoms. The summed E-state index contributed by atoms with van der Waals surface area (Å²) in [5.74, 6) is 2.14. The van der Waals surface area contributed by atoms with Crippen molar-refractivity contribution >= 4 is 11.8 Å². The Morgan fingerprint density at radius 3 is 2.75 bits per heavy atom. The Morgan fingerprint density at radius 2 is 2.31 bits per heavy atom. The summed E-state index contributed by atoms with van der Waals surface area (Å²) in [5, 5.41) is 8.69. The van der Waals surface area contributed by atoms with Crippen LogP contribution in [-0.4, -0.2) is 33.6 Å². The SMILES string of the molecule is C#CCN(c1cnc(C(=O)O)cn1)C1CC1. The highest BCUT2D eigenvalue weighted by Gasteiger charge is 2.29. The standard InChI is InChI=1S/C11H11N3O2/c1-2-5-14(8-3-4-8)10-7-12-9(6-13-10)11(15)16/h1,6-8H,3-5H2,(H,15,16). The van der Waals surface area contributed by atoms with Crippen molar-refractivity contribution in [3.8, 4) is 12.3 Å². The summed E-state index contributed by atoms with van der Waals surface area (Å²) in [4.78, 5) is 20.5. The van der Waals surface area contributed by atoms with Crippen LogP contribution in [0.1, 0.15) is 23.3 Å². The second kappa shape index (κ2) is 4.19. The predicted molar refractivity (Wildman–Crippen MR) is 58.2 cm³/mol. The van der Waals surface area contributed by atoms with Crippen LogP contribution in [0.5, 0.6) is 0 Å². The highest BCUT2D eigenvalue weighted by atomic mass is 16.4. The van der Waals surface area contributed by atoms with Gasteiger partial charge in [0.05, 0.1) is 18.9 Å². The number of carboxylic acid groups (broad SMARTS) is 1. The third kappa shape index (κ3) is 2.11. The summed E-state index contributed by atoms with van der Waals surface area (Å²) in [6.45, 7) is 0.478. The fraction of sp³-hybridized carbons (Fsp3) is 0.364. The molecule has 5 heteroatoms. The van der Waals surface area contributed by atoms with Gasteiger partial charge in [-0.2, -0.15) is 0 Å². The molecule has 0 saturated heterocycles.